The quantitative estimate of drug-likeness (QED) is 0.518. The van der Waals surface area contributed by atoms with Crippen LogP contribution in [0, 0.1) is 0 Å². The lowest BCUT2D eigenvalue weighted by Gasteiger charge is -2.22. The van der Waals surface area contributed by atoms with Crippen LogP contribution in [0.15, 0.2) is 65.9 Å². The predicted octanol–water partition coefficient (Wildman–Crippen LogP) is 7.33. The molecule has 1 N–H and O–H groups in total. The van der Waals surface area contributed by atoms with Crippen molar-refractivity contribution in [1.29, 1.82) is 0 Å². The number of allylic oxidation sites excluding steroid dienone is 6. The summed E-state index contributed by atoms with van der Waals surface area (Å²) in [5, 5.41) is 3.58. The van der Waals surface area contributed by atoms with Crippen molar-refractivity contribution in [2.45, 2.75) is 60.3 Å². The Morgan fingerprint density at radius 2 is 1.42 bits per heavy atom. The van der Waals surface area contributed by atoms with Gasteiger partial charge in [-0.15, -0.1) is 0 Å². The number of rotatable bonds is 7. The van der Waals surface area contributed by atoms with Crippen LogP contribution < -0.4 is 5.32 Å². The van der Waals surface area contributed by atoms with E-state index in [0.29, 0.717) is 11.8 Å². The van der Waals surface area contributed by atoms with Crippen LogP contribution in [0.4, 0.5) is 5.69 Å². The van der Waals surface area contributed by atoms with E-state index >= 15 is 0 Å². The van der Waals surface area contributed by atoms with Gasteiger partial charge in [0.2, 0.25) is 0 Å². The van der Waals surface area contributed by atoms with E-state index in [1.807, 2.05) is 0 Å². The zero-order chi connectivity index (χ0) is 18.3. The highest BCUT2D eigenvalue weighted by atomic mass is 14.9. The minimum absolute atomic E-state index is 0.473. The molecule has 0 saturated heterocycles. The Morgan fingerprint density at radius 3 is 1.88 bits per heavy atom. The summed E-state index contributed by atoms with van der Waals surface area (Å²) in [4.78, 5) is 0. The molecule has 0 aliphatic carbocycles. The maximum Gasteiger partial charge on any atom is 0.0454 e. The molecule has 0 radical (unpaired) electrons. The van der Waals surface area contributed by atoms with Gasteiger partial charge in [0.25, 0.3) is 0 Å². The van der Waals surface area contributed by atoms with Gasteiger partial charge in [0, 0.05) is 11.4 Å². The van der Waals surface area contributed by atoms with E-state index in [2.05, 4.69) is 103 Å². The van der Waals surface area contributed by atoms with Gasteiger partial charge in [-0.05, 0) is 49.3 Å². The van der Waals surface area contributed by atoms with Gasteiger partial charge in [0.1, 0.15) is 0 Å². The Hall–Kier alpha value is -2.02. The van der Waals surface area contributed by atoms with Crippen molar-refractivity contribution < 1.29 is 0 Å². The molecule has 24 heavy (non-hydrogen) atoms. The van der Waals surface area contributed by atoms with Crippen LogP contribution in [0.3, 0.4) is 0 Å². The van der Waals surface area contributed by atoms with Crippen molar-refractivity contribution in [1.82, 2.24) is 0 Å². The molecular weight excluding hydrogens is 290 g/mol. The van der Waals surface area contributed by atoms with Gasteiger partial charge in [0.15, 0.2) is 0 Å². The molecule has 0 bridgehead atoms. The van der Waals surface area contributed by atoms with Gasteiger partial charge in [0.05, 0.1) is 0 Å². The summed E-state index contributed by atoms with van der Waals surface area (Å²) in [5.74, 6) is 0.946. The van der Waals surface area contributed by atoms with Gasteiger partial charge in [-0.1, -0.05) is 82.4 Å². The van der Waals surface area contributed by atoms with Crippen LogP contribution >= 0.6 is 0 Å². The first-order valence-corrected chi connectivity index (χ1v) is 8.81. The standard InChI is InChI=1S/C23H33N/c1-16(2)12-9-10-13-19(7)20(8)24-23-21(17(3)4)14-11-15-22(23)18(5)6/h9-15,17-18,24H,8H2,1-7H3/b10-9-,19-13+. The fraction of sp³-hybridized carbons (Fsp3) is 0.391. The summed E-state index contributed by atoms with van der Waals surface area (Å²) >= 11 is 0. The van der Waals surface area contributed by atoms with Crippen molar-refractivity contribution in [2.24, 2.45) is 0 Å². The fourth-order valence-electron chi connectivity index (χ4n) is 2.49. The highest BCUT2D eigenvalue weighted by Crippen LogP contribution is 2.33. The Morgan fingerprint density at radius 1 is 0.917 bits per heavy atom. The fourth-order valence-corrected chi connectivity index (χ4v) is 2.49. The molecule has 0 atom stereocenters. The smallest absolute Gasteiger partial charge is 0.0454 e. The second kappa shape index (κ2) is 9.32. The monoisotopic (exact) mass is 323 g/mol. The Labute approximate surface area is 148 Å². The topological polar surface area (TPSA) is 12.0 Å². The van der Waals surface area contributed by atoms with E-state index in [1.165, 1.54) is 22.4 Å². The molecule has 1 rings (SSSR count). The summed E-state index contributed by atoms with van der Waals surface area (Å²) in [6, 6.07) is 6.57. The van der Waals surface area contributed by atoms with Gasteiger partial charge >= 0.3 is 0 Å². The maximum atomic E-state index is 4.24. The molecule has 0 aromatic heterocycles. The number of para-hydroxylation sites is 1. The van der Waals surface area contributed by atoms with Crippen molar-refractivity contribution in [3.8, 4) is 0 Å². The number of anilines is 1. The molecule has 1 aromatic carbocycles. The van der Waals surface area contributed by atoms with E-state index in [-0.39, 0.29) is 0 Å². The highest BCUT2D eigenvalue weighted by molar-refractivity contribution is 5.64. The number of hydrogen-bond acceptors (Lipinski definition) is 1. The molecule has 1 nitrogen and oxygen atoms in total. The summed E-state index contributed by atoms with van der Waals surface area (Å²) in [5.41, 5.74) is 7.29. The van der Waals surface area contributed by atoms with Crippen molar-refractivity contribution in [2.75, 3.05) is 5.32 Å². The zero-order valence-electron chi connectivity index (χ0n) is 16.4. The Bertz CT molecular complexity index is 624. The highest BCUT2D eigenvalue weighted by Gasteiger charge is 2.14. The van der Waals surface area contributed by atoms with Crippen molar-refractivity contribution in [3.05, 3.63) is 77.1 Å². The second-order valence-electron chi connectivity index (χ2n) is 7.20. The molecule has 0 unspecified atom stereocenters. The summed E-state index contributed by atoms with van der Waals surface area (Å²) in [6.45, 7) is 19.5. The van der Waals surface area contributed by atoms with Crippen LogP contribution in [0.25, 0.3) is 0 Å². The average Bonchev–Trinajstić information content (AvgIpc) is 2.50. The molecule has 0 aliphatic heterocycles. The lowest BCUT2D eigenvalue weighted by Crippen LogP contribution is -2.07. The first-order chi connectivity index (χ1) is 11.2. The Balaban J connectivity index is 3.07. The van der Waals surface area contributed by atoms with E-state index in [0.717, 1.165) is 11.3 Å². The molecule has 0 fully saturated rings. The third kappa shape index (κ3) is 5.88. The molecule has 0 amide bonds. The van der Waals surface area contributed by atoms with E-state index in [9.17, 15) is 0 Å². The Kier molecular flexibility index (Phi) is 7.78. The molecule has 1 heteroatoms. The second-order valence-corrected chi connectivity index (χ2v) is 7.20. The SMILES string of the molecule is C=C(Nc1c(C(C)C)cccc1C(C)C)/C(C)=C/C=C\C=C(C)C. The largest absolute Gasteiger partial charge is 0.355 e. The summed E-state index contributed by atoms with van der Waals surface area (Å²) in [7, 11) is 0. The van der Waals surface area contributed by atoms with Crippen LogP contribution in [0.2, 0.25) is 0 Å². The number of benzene rings is 1. The van der Waals surface area contributed by atoms with Gasteiger partial charge in [-0.3, -0.25) is 0 Å². The molecular formula is C23H33N. The summed E-state index contributed by atoms with van der Waals surface area (Å²) in [6.07, 6.45) is 8.33. The van der Waals surface area contributed by atoms with Crippen LogP contribution in [-0.2, 0) is 0 Å². The van der Waals surface area contributed by atoms with E-state index in [4.69, 9.17) is 0 Å². The van der Waals surface area contributed by atoms with E-state index in [1.54, 1.807) is 0 Å². The minimum Gasteiger partial charge on any atom is -0.355 e. The molecule has 0 heterocycles. The van der Waals surface area contributed by atoms with Crippen molar-refractivity contribution in [3.63, 3.8) is 0 Å². The third-order valence-corrected chi connectivity index (χ3v) is 4.01. The van der Waals surface area contributed by atoms with Crippen LogP contribution in [0.1, 0.15) is 71.4 Å². The maximum absolute atomic E-state index is 4.24. The van der Waals surface area contributed by atoms with Gasteiger partial charge in [-0.25, -0.2) is 0 Å². The number of nitrogens with one attached hydrogen (secondary N) is 1. The molecule has 0 aliphatic rings. The minimum atomic E-state index is 0.473. The zero-order valence-corrected chi connectivity index (χ0v) is 16.4. The predicted molar refractivity (Wildman–Crippen MR) is 110 cm³/mol. The van der Waals surface area contributed by atoms with Crippen LogP contribution in [-0.4, -0.2) is 0 Å². The molecule has 0 saturated carbocycles. The first kappa shape index (κ1) is 20.0. The van der Waals surface area contributed by atoms with Gasteiger partial charge in [-0.2, -0.15) is 0 Å². The van der Waals surface area contributed by atoms with E-state index < -0.39 is 0 Å². The average molecular weight is 324 g/mol. The molecule has 0 spiro atoms. The van der Waals surface area contributed by atoms with Crippen LogP contribution in [0.5, 0.6) is 0 Å². The first-order valence-electron chi connectivity index (χ1n) is 8.81. The molecule has 130 valence electrons. The normalized spacial score (nSPS) is 12.1. The third-order valence-electron chi connectivity index (χ3n) is 4.01. The van der Waals surface area contributed by atoms with Crippen molar-refractivity contribution >= 4 is 5.69 Å². The van der Waals surface area contributed by atoms with Gasteiger partial charge < -0.3 is 5.32 Å². The lowest BCUT2D eigenvalue weighted by molar-refractivity contribution is 0.837. The molecule has 1 aromatic rings. The summed E-state index contributed by atoms with van der Waals surface area (Å²) < 4.78 is 0. The number of hydrogen-bond donors (Lipinski definition) is 1. The lowest BCUT2D eigenvalue weighted by atomic mass is 9.92.